The predicted octanol–water partition coefficient (Wildman–Crippen LogP) is 5.32. The Bertz CT molecular complexity index is 745. The molecule has 4 rings (SSSR count). The van der Waals surface area contributed by atoms with Crippen LogP contribution >= 0.6 is 7.92 Å². The van der Waals surface area contributed by atoms with Gasteiger partial charge in [0.1, 0.15) is 0 Å². The van der Waals surface area contributed by atoms with Crippen molar-refractivity contribution in [3.63, 3.8) is 0 Å². The van der Waals surface area contributed by atoms with Crippen LogP contribution in [0, 0.1) is 11.8 Å². The molecule has 0 fully saturated rings. The summed E-state index contributed by atoms with van der Waals surface area (Å²) in [6, 6.07) is 22.0. The van der Waals surface area contributed by atoms with Gasteiger partial charge >= 0.3 is 0 Å². The second kappa shape index (κ2) is 7.16. The molecule has 0 radical (unpaired) electrons. The lowest BCUT2D eigenvalue weighted by atomic mass is 9.97. The summed E-state index contributed by atoms with van der Waals surface area (Å²) >= 11 is 0. The largest absolute Gasteiger partial charge is 0.0776 e. The van der Waals surface area contributed by atoms with Gasteiger partial charge in [0.05, 0.1) is 0 Å². The van der Waals surface area contributed by atoms with E-state index in [1.54, 1.807) is 5.31 Å². The molecule has 0 spiro atoms. The molecule has 0 aliphatic heterocycles. The van der Waals surface area contributed by atoms with Crippen LogP contribution in [0.4, 0.5) is 0 Å². The van der Waals surface area contributed by atoms with Crippen LogP contribution in [-0.2, 0) is 0 Å². The van der Waals surface area contributed by atoms with Crippen molar-refractivity contribution >= 4 is 18.5 Å². The van der Waals surface area contributed by atoms with E-state index in [1.807, 2.05) is 0 Å². The summed E-state index contributed by atoms with van der Waals surface area (Å²) in [6.07, 6.45) is 17.1. The Labute approximate surface area is 145 Å². The lowest BCUT2D eigenvalue weighted by Crippen LogP contribution is -2.16. The monoisotopic (exact) mass is 328 g/mol. The summed E-state index contributed by atoms with van der Waals surface area (Å²) < 4.78 is 0. The summed E-state index contributed by atoms with van der Waals surface area (Å²) in [4.78, 5) is 0. The van der Waals surface area contributed by atoms with Crippen molar-refractivity contribution in [2.24, 2.45) is 11.8 Å². The first kappa shape index (κ1) is 15.4. The molecule has 0 N–H and O–H groups in total. The van der Waals surface area contributed by atoms with Crippen LogP contribution in [-0.4, -0.2) is 0 Å². The summed E-state index contributed by atoms with van der Waals surface area (Å²) in [5, 5.41) is 4.46. The standard InChI is InChI=1S/C23H21P/c1-3-13-21(14-4-1)24(22-15-5-2-6-16-22)23-17-9-12-20(23)18-19-10-7-8-11-19/h1-17,19-20H,18H2. The SMILES string of the molecule is C1=CC(CC2C=CC=C2P(c2ccccc2)c2ccccc2)C=C1. The van der Waals surface area contributed by atoms with E-state index < -0.39 is 7.92 Å². The molecule has 1 atom stereocenters. The third-order valence-corrected chi connectivity index (χ3v) is 7.26. The number of rotatable bonds is 5. The number of allylic oxidation sites excluding steroid dienone is 8. The average molecular weight is 328 g/mol. The molecular weight excluding hydrogens is 307 g/mol. The van der Waals surface area contributed by atoms with Gasteiger partial charge in [0, 0.05) is 5.92 Å². The lowest BCUT2D eigenvalue weighted by molar-refractivity contribution is 0.629. The molecule has 2 aliphatic rings. The Kier molecular flexibility index (Phi) is 4.58. The fraction of sp³-hybridized carbons (Fsp3) is 0.130. The Hall–Kier alpha value is -2.17. The topological polar surface area (TPSA) is 0 Å². The van der Waals surface area contributed by atoms with Gasteiger partial charge in [-0.15, -0.1) is 0 Å². The molecule has 2 aromatic carbocycles. The highest BCUT2D eigenvalue weighted by atomic mass is 31.1. The summed E-state index contributed by atoms with van der Waals surface area (Å²) in [5.74, 6) is 1.11. The van der Waals surface area contributed by atoms with Crippen molar-refractivity contribution in [1.29, 1.82) is 0 Å². The normalized spacial score (nSPS) is 19.4. The lowest BCUT2D eigenvalue weighted by Gasteiger charge is -2.26. The van der Waals surface area contributed by atoms with E-state index in [9.17, 15) is 0 Å². The van der Waals surface area contributed by atoms with Crippen molar-refractivity contribution in [1.82, 2.24) is 0 Å². The van der Waals surface area contributed by atoms with Crippen LogP contribution in [0.1, 0.15) is 6.42 Å². The molecule has 0 saturated carbocycles. The van der Waals surface area contributed by atoms with E-state index in [4.69, 9.17) is 0 Å². The van der Waals surface area contributed by atoms with Gasteiger partial charge in [0.2, 0.25) is 0 Å². The van der Waals surface area contributed by atoms with Crippen LogP contribution in [0.5, 0.6) is 0 Å². The third-order valence-electron chi connectivity index (χ3n) is 4.63. The van der Waals surface area contributed by atoms with Crippen molar-refractivity contribution in [2.75, 3.05) is 0 Å². The van der Waals surface area contributed by atoms with Gasteiger partial charge < -0.3 is 0 Å². The van der Waals surface area contributed by atoms with Crippen molar-refractivity contribution < 1.29 is 0 Å². The molecule has 0 aromatic heterocycles. The van der Waals surface area contributed by atoms with Gasteiger partial charge in [-0.25, -0.2) is 0 Å². The van der Waals surface area contributed by atoms with E-state index >= 15 is 0 Å². The van der Waals surface area contributed by atoms with Crippen LogP contribution in [0.15, 0.2) is 109 Å². The fourth-order valence-electron chi connectivity index (χ4n) is 3.48. The minimum absolute atomic E-state index is 0.461. The fourth-order valence-corrected chi connectivity index (χ4v) is 6.07. The van der Waals surface area contributed by atoms with E-state index in [0.717, 1.165) is 0 Å². The van der Waals surface area contributed by atoms with Gasteiger partial charge in [-0.1, -0.05) is 103 Å². The Morgan fingerprint density at radius 1 is 0.667 bits per heavy atom. The average Bonchev–Trinajstić information content (AvgIpc) is 3.30. The molecule has 24 heavy (non-hydrogen) atoms. The van der Waals surface area contributed by atoms with E-state index in [-0.39, 0.29) is 0 Å². The second-order valence-electron chi connectivity index (χ2n) is 6.26. The zero-order valence-electron chi connectivity index (χ0n) is 13.6. The predicted molar refractivity (Wildman–Crippen MR) is 106 cm³/mol. The maximum atomic E-state index is 2.39. The summed E-state index contributed by atoms with van der Waals surface area (Å²) in [7, 11) is -0.461. The first-order valence-electron chi connectivity index (χ1n) is 8.55. The number of hydrogen-bond acceptors (Lipinski definition) is 0. The van der Waals surface area contributed by atoms with E-state index in [2.05, 4.69) is 103 Å². The van der Waals surface area contributed by atoms with Crippen molar-refractivity contribution in [3.8, 4) is 0 Å². The van der Waals surface area contributed by atoms with Crippen molar-refractivity contribution in [3.05, 3.63) is 109 Å². The van der Waals surface area contributed by atoms with Gasteiger partial charge in [-0.3, -0.25) is 0 Å². The highest BCUT2D eigenvalue weighted by Crippen LogP contribution is 2.50. The highest BCUT2D eigenvalue weighted by molar-refractivity contribution is 7.76. The minimum atomic E-state index is -0.461. The van der Waals surface area contributed by atoms with Crippen LogP contribution in [0.25, 0.3) is 0 Å². The first-order chi connectivity index (χ1) is 11.9. The Morgan fingerprint density at radius 3 is 1.83 bits per heavy atom. The molecule has 0 saturated heterocycles. The molecule has 2 aliphatic carbocycles. The highest BCUT2D eigenvalue weighted by Gasteiger charge is 2.27. The Morgan fingerprint density at radius 2 is 1.25 bits per heavy atom. The quantitative estimate of drug-likeness (QED) is 0.652. The molecule has 1 heteroatoms. The van der Waals surface area contributed by atoms with Gasteiger partial charge in [0.15, 0.2) is 0 Å². The van der Waals surface area contributed by atoms with Crippen LogP contribution in [0.3, 0.4) is 0 Å². The second-order valence-corrected chi connectivity index (χ2v) is 8.48. The zero-order valence-corrected chi connectivity index (χ0v) is 14.5. The molecule has 0 amide bonds. The minimum Gasteiger partial charge on any atom is -0.0776 e. The maximum Gasteiger partial charge on any atom is 0.00404 e. The van der Waals surface area contributed by atoms with Crippen LogP contribution in [0.2, 0.25) is 0 Å². The third kappa shape index (κ3) is 3.21. The zero-order chi connectivity index (χ0) is 16.2. The van der Waals surface area contributed by atoms with Gasteiger partial charge in [-0.2, -0.15) is 0 Å². The Balaban J connectivity index is 1.68. The number of benzene rings is 2. The molecule has 1 unspecified atom stereocenters. The smallest absolute Gasteiger partial charge is 0.00404 e. The molecular formula is C23H21P. The molecule has 0 heterocycles. The molecule has 118 valence electrons. The van der Waals surface area contributed by atoms with Gasteiger partial charge in [-0.05, 0) is 36.2 Å². The van der Waals surface area contributed by atoms with Crippen LogP contribution < -0.4 is 10.6 Å². The van der Waals surface area contributed by atoms with E-state index in [0.29, 0.717) is 11.8 Å². The molecule has 2 aromatic rings. The van der Waals surface area contributed by atoms with E-state index in [1.165, 1.54) is 17.0 Å². The van der Waals surface area contributed by atoms with Crippen molar-refractivity contribution in [2.45, 2.75) is 6.42 Å². The molecule has 0 bridgehead atoms. The molecule has 0 nitrogen and oxygen atoms in total. The van der Waals surface area contributed by atoms with Gasteiger partial charge in [0.25, 0.3) is 0 Å². The summed E-state index contributed by atoms with van der Waals surface area (Å²) in [5.41, 5.74) is 0. The maximum absolute atomic E-state index is 2.39. The number of hydrogen-bond donors (Lipinski definition) is 0. The summed E-state index contributed by atoms with van der Waals surface area (Å²) in [6.45, 7) is 0. The first-order valence-corrected chi connectivity index (χ1v) is 9.89.